The number of halogens is 1. The van der Waals surface area contributed by atoms with Crippen molar-refractivity contribution >= 4 is 45.9 Å². The summed E-state index contributed by atoms with van der Waals surface area (Å²) in [6, 6.07) is 3.62. The molecule has 0 saturated heterocycles. The Balaban J connectivity index is 1.94. The Morgan fingerprint density at radius 1 is 1.58 bits per heavy atom. The number of Topliss-reactive ketones (excluding diaryl/α,β-unsaturated/α-hetero) is 1. The quantitative estimate of drug-likeness (QED) is 0.624. The molecule has 1 saturated carbocycles. The lowest BCUT2D eigenvalue weighted by Crippen LogP contribution is -2.33. The standard InChI is InChI=1S/C18H23ClN4O2S/c1-2-23(17(25)7-9-26-15-6-5-14(24)10-15)16(18(19)20)12-22-13-4-3-8-21-11-13/h3-4,8,11-12,15,20,22H,2,5-7,9-10H2,1H3/b16-12+,20-18?. The molecule has 140 valence electrons. The number of hydrogen-bond acceptors (Lipinski definition) is 6. The Kier molecular flexibility index (Phi) is 8.12. The van der Waals surface area contributed by atoms with E-state index in [1.807, 2.05) is 13.0 Å². The van der Waals surface area contributed by atoms with Crippen LogP contribution in [0.15, 0.2) is 36.4 Å². The summed E-state index contributed by atoms with van der Waals surface area (Å²) in [6.07, 6.45) is 7.38. The minimum atomic E-state index is -0.203. The molecular weight excluding hydrogens is 372 g/mol. The van der Waals surface area contributed by atoms with Crippen molar-refractivity contribution in [2.45, 2.75) is 37.9 Å². The smallest absolute Gasteiger partial charge is 0.227 e. The maximum Gasteiger partial charge on any atom is 0.227 e. The van der Waals surface area contributed by atoms with E-state index < -0.39 is 0 Å². The second kappa shape index (κ2) is 10.3. The molecule has 1 aromatic rings. The van der Waals surface area contributed by atoms with Crippen LogP contribution in [0.25, 0.3) is 0 Å². The number of carbonyl (C=O) groups excluding carboxylic acids is 2. The molecular formula is C18H23ClN4O2S. The average Bonchev–Trinajstić information content (AvgIpc) is 3.04. The molecule has 2 rings (SSSR count). The Morgan fingerprint density at radius 3 is 2.96 bits per heavy atom. The number of hydrogen-bond donors (Lipinski definition) is 2. The summed E-state index contributed by atoms with van der Waals surface area (Å²) in [5, 5.41) is 10.9. The molecule has 1 aliphatic carbocycles. The van der Waals surface area contributed by atoms with E-state index in [-0.39, 0.29) is 11.1 Å². The van der Waals surface area contributed by atoms with Gasteiger partial charge in [0.25, 0.3) is 0 Å². The third-order valence-electron chi connectivity index (χ3n) is 4.04. The highest BCUT2D eigenvalue weighted by Crippen LogP contribution is 2.28. The van der Waals surface area contributed by atoms with Gasteiger partial charge in [-0.15, -0.1) is 0 Å². The molecule has 2 N–H and O–H groups in total. The molecule has 6 nitrogen and oxygen atoms in total. The number of aromatic nitrogens is 1. The Morgan fingerprint density at radius 2 is 2.38 bits per heavy atom. The van der Waals surface area contributed by atoms with E-state index in [2.05, 4.69) is 10.3 Å². The second-order valence-corrected chi connectivity index (χ2v) is 7.68. The zero-order valence-corrected chi connectivity index (χ0v) is 16.3. The van der Waals surface area contributed by atoms with E-state index in [1.165, 1.54) is 4.90 Å². The Labute approximate surface area is 162 Å². The largest absolute Gasteiger partial charge is 0.358 e. The first-order chi connectivity index (χ1) is 12.5. The van der Waals surface area contributed by atoms with Gasteiger partial charge >= 0.3 is 0 Å². The highest BCUT2D eigenvalue weighted by Gasteiger charge is 2.23. The van der Waals surface area contributed by atoms with Crippen molar-refractivity contribution in [2.24, 2.45) is 0 Å². The number of amides is 1. The van der Waals surface area contributed by atoms with Crippen LogP contribution in [0.1, 0.15) is 32.6 Å². The number of anilines is 1. The minimum absolute atomic E-state index is 0.0889. The van der Waals surface area contributed by atoms with Gasteiger partial charge in [0, 0.05) is 49.2 Å². The van der Waals surface area contributed by atoms with Gasteiger partial charge in [-0.05, 0) is 25.5 Å². The van der Waals surface area contributed by atoms with Gasteiger partial charge in [-0.25, -0.2) is 0 Å². The Hall–Kier alpha value is -1.86. The third-order valence-corrected chi connectivity index (χ3v) is 5.55. The predicted molar refractivity (Wildman–Crippen MR) is 107 cm³/mol. The molecule has 0 aliphatic heterocycles. The van der Waals surface area contributed by atoms with Crippen LogP contribution in [0.4, 0.5) is 5.69 Å². The van der Waals surface area contributed by atoms with Gasteiger partial charge in [-0.2, -0.15) is 11.8 Å². The van der Waals surface area contributed by atoms with E-state index in [4.69, 9.17) is 17.0 Å². The van der Waals surface area contributed by atoms with Crippen molar-refractivity contribution in [1.82, 2.24) is 9.88 Å². The van der Waals surface area contributed by atoms with E-state index in [0.717, 1.165) is 12.1 Å². The topological polar surface area (TPSA) is 86.2 Å². The first-order valence-corrected chi connectivity index (χ1v) is 9.98. The van der Waals surface area contributed by atoms with E-state index in [9.17, 15) is 9.59 Å². The zero-order chi connectivity index (χ0) is 18.9. The average molecular weight is 395 g/mol. The molecule has 1 fully saturated rings. The van der Waals surface area contributed by atoms with Crippen molar-refractivity contribution in [3.63, 3.8) is 0 Å². The number of allylic oxidation sites excluding steroid dienone is 1. The summed E-state index contributed by atoms with van der Waals surface area (Å²) in [5.41, 5.74) is 1.07. The van der Waals surface area contributed by atoms with Gasteiger partial charge in [0.1, 0.15) is 11.0 Å². The lowest BCUT2D eigenvalue weighted by Gasteiger charge is -2.23. The monoisotopic (exact) mass is 394 g/mol. The fraction of sp³-hybridized carbons (Fsp3) is 0.444. The summed E-state index contributed by atoms with van der Waals surface area (Å²) >= 11 is 7.58. The van der Waals surface area contributed by atoms with E-state index >= 15 is 0 Å². The van der Waals surface area contributed by atoms with Crippen LogP contribution in [0.5, 0.6) is 0 Å². The zero-order valence-electron chi connectivity index (χ0n) is 14.7. The normalized spacial score (nSPS) is 17.2. The molecule has 1 aliphatic rings. The molecule has 1 heterocycles. The first kappa shape index (κ1) is 20.5. The molecule has 0 aromatic carbocycles. The van der Waals surface area contributed by atoms with E-state index in [1.54, 1.807) is 36.4 Å². The second-order valence-electron chi connectivity index (χ2n) is 5.89. The number of thioether (sulfide) groups is 1. The fourth-order valence-electron chi connectivity index (χ4n) is 2.71. The predicted octanol–water partition coefficient (Wildman–Crippen LogP) is 3.64. The number of rotatable bonds is 9. The Bertz CT molecular complexity index is 681. The van der Waals surface area contributed by atoms with Gasteiger partial charge in [-0.3, -0.25) is 20.0 Å². The molecule has 0 bridgehead atoms. The summed E-state index contributed by atoms with van der Waals surface area (Å²) in [6.45, 7) is 2.26. The number of carbonyl (C=O) groups is 2. The number of ketones is 1. The highest BCUT2D eigenvalue weighted by atomic mass is 35.5. The van der Waals surface area contributed by atoms with Crippen LogP contribution in [-0.2, 0) is 9.59 Å². The SMILES string of the molecule is CCN(C(=O)CCSC1CCC(=O)C1)/C(=C/Nc1cccnc1)C(=N)Cl. The lowest BCUT2D eigenvalue weighted by molar-refractivity contribution is -0.128. The summed E-state index contributed by atoms with van der Waals surface area (Å²) in [4.78, 5) is 29.4. The number of pyridine rings is 1. The van der Waals surface area contributed by atoms with Crippen LogP contribution in [-0.4, -0.2) is 44.3 Å². The fourth-order valence-corrected chi connectivity index (χ4v) is 4.08. The van der Waals surface area contributed by atoms with Crippen LogP contribution < -0.4 is 5.32 Å². The lowest BCUT2D eigenvalue weighted by atomic mass is 10.3. The van der Waals surface area contributed by atoms with Gasteiger partial charge in [0.2, 0.25) is 5.91 Å². The van der Waals surface area contributed by atoms with E-state index in [0.29, 0.717) is 48.3 Å². The number of nitrogens with one attached hydrogen (secondary N) is 2. The van der Waals surface area contributed by atoms with Crippen molar-refractivity contribution in [1.29, 1.82) is 5.41 Å². The van der Waals surface area contributed by atoms with Gasteiger partial charge < -0.3 is 10.2 Å². The van der Waals surface area contributed by atoms with Crippen LogP contribution >= 0.6 is 23.4 Å². The van der Waals surface area contributed by atoms with Gasteiger partial charge in [0.05, 0.1) is 17.6 Å². The summed E-state index contributed by atoms with van der Waals surface area (Å²) in [7, 11) is 0. The molecule has 1 atom stereocenters. The van der Waals surface area contributed by atoms with Crippen LogP contribution in [0.2, 0.25) is 0 Å². The van der Waals surface area contributed by atoms with Crippen LogP contribution in [0.3, 0.4) is 0 Å². The van der Waals surface area contributed by atoms with Gasteiger partial charge in [-0.1, -0.05) is 11.6 Å². The summed E-state index contributed by atoms with van der Waals surface area (Å²) in [5.74, 6) is 0.881. The first-order valence-electron chi connectivity index (χ1n) is 8.56. The highest BCUT2D eigenvalue weighted by molar-refractivity contribution is 7.99. The van der Waals surface area contributed by atoms with Crippen molar-refractivity contribution in [2.75, 3.05) is 17.6 Å². The van der Waals surface area contributed by atoms with Crippen molar-refractivity contribution in [3.05, 3.63) is 36.4 Å². The third kappa shape index (κ3) is 6.14. The minimum Gasteiger partial charge on any atom is -0.358 e. The summed E-state index contributed by atoms with van der Waals surface area (Å²) < 4.78 is 0. The molecule has 8 heteroatoms. The molecule has 1 amide bonds. The molecule has 0 radical (unpaired) electrons. The maximum atomic E-state index is 12.6. The van der Waals surface area contributed by atoms with Gasteiger partial charge in [0.15, 0.2) is 0 Å². The molecule has 1 unspecified atom stereocenters. The number of nitrogens with zero attached hydrogens (tertiary/aromatic N) is 2. The van der Waals surface area contributed by atoms with Crippen molar-refractivity contribution in [3.8, 4) is 0 Å². The maximum absolute atomic E-state index is 12.6. The van der Waals surface area contributed by atoms with Crippen LogP contribution in [0, 0.1) is 5.41 Å². The molecule has 0 spiro atoms. The molecule has 26 heavy (non-hydrogen) atoms. The van der Waals surface area contributed by atoms with Crippen molar-refractivity contribution < 1.29 is 9.59 Å². The molecule has 1 aromatic heterocycles.